The second-order valence-electron chi connectivity index (χ2n) is 7.97. The van der Waals surface area contributed by atoms with Gasteiger partial charge in [0, 0.05) is 15.9 Å². The van der Waals surface area contributed by atoms with E-state index in [1.54, 1.807) is 0 Å². The highest BCUT2D eigenvalue weighted by Crippen LogP contribution is 2.56. The van der Waals surface area contributed by atoms with Gasteiger partial charge in [-0.1, -0.05) is 22.0 Å². The highest BCUT2D eigenvalue weighted by atomic mass is 79.9. The Morgan fingerprint density at radius 2 is 2.07 bits per heavy atom. The van der Waals surface area contributed by atoms with Gasteiger partial charge in [0.25, 0.3) is 0 Å². The summed E-state index contributed by atoms with van der Waals surface area (Å²) in [6.07, 6.45) is 3.66. The summed E-state index contributed by atoms with van der Waals surface area (Å²) in [5.41, 5.74) is 8.28. The zero-order valence-electron chi connectivity index (χ0n) is 16.1. The molecule has 0 radical (unpaired) electrons. The number of rotatable bonds is 5. The van der Waals surface area contributed by atoms with E-state index in [0.717, 1.165) is 29.3 Å². The molecule has 1 atom stereocenters. The van der Waals surface area contributed by atoms with Crippen molar-refractivity contribution in [1.29, 1.82) is 0 Å². The van der Waals surface area contributed by atoms with Gasteiger partial charge in [-0.05, 0) is 69.2 Å². The molecule has 0 aromatic heterocycles. The fraction of sp³-hybridized carbons (Fsp3) is 0.600. The molecule has 1 amide bonds. The van der Waals surface area contributed by atoms with E-state index in [1.807, 2.05) is 26.0 Å². The lowest BCUT2D eigenvalue weighted by Crippen LogP contribution is -2.42. The predicted octanol–water partition coefficient (Wildman–Crippen LogP) is 4.40. The number of aliphatic imine (C=N–C) groups is 1. The van der Waals surface area contributed by atoms with Crippen LogP contribution in [0.25, 0.3) is 0 Å². The van der Waals surface area contributed by atoms with E-state index in [1.165, 1.54) is 10.5 Å². The Hall–Kier alpha value is -1.54. The third kappa shape index (κ3) is 4.22. The quantitative estimate of drug-likeness (QED) is 0.404. The molecule has 2 aliphatic rings. The summed E-state index contributed by atoms with van der Waals surface area (Å²) in [4.78, 5) is 17.6. The second-order valence-corrected chi connectivity index (χ2v) is 8.89. The lowest BCUT2D eigenvalue weighted by Gasteiger charge is -2.40. The minimum atomic E-state index is -2.74. The molecule has 1 aromatic carbocycles. The zero-order chi connectivity index (χ0) is 20.5. The smallest absolute Gasteiger partial charge is 0.345 e. The number of benzene rings is 1. The van der Waals surface area contributed by atoms with Crippen molar-refractivity contribution in [2.24, 2.45) is 16.1 Å². The van der Waals surface area contributed by atoms with Crippen molar-refractivity contribution >= 4 is 28.3 Å². The van der Waals surface area contributed by atoms with E-state index in [9.17, 15) is 13.6 Å². The Bertz CT molecular complexity index is 749. The number of hydrogen-bond acceptors (Lipinski definition) is 3. The first-order valence-electron chi connectivity index (χ1n) is 9.54. The van der Waals surface area contributed by atoms with Crippen LogP contribution in [0.15, 0.2) is 27.7 Å². The van der Waals surface area contributed by atoms with E-state index in [-0.39, 0.29) is 23.5 Å². The second kappa shape index (κ2) is 8.45. The summed E-state index contributed by atoms with van der Waals surface area (Å²) in [5.74, 6) is 0.188. The number of carbonyl (C=O) groups excluding carboxylic acids is 1. The lowest BCUT2D eigenvalue weighted by atomic mass is 9.68. The van der Waals surface area contributed by atoms with Gasteiger partial charge in [0.15, 0.2) is 5.96 Å². The van der Waals surface area contributed by atoms with Gasteiger partial charge < -0.3 is 10.5 Å². The first-order chi connectivity index (χ1) is 13.3. The first-order valence-corrected chi connectivity index (χ1v) is 10.3. The molecule has 28 heavy (non-hydrogen) atoms. The Kier molecular flexibility index (Phi) is 6.39. The van der Waals surface area contributed by atoms with E-state index in [4.69, 9.17) is 15.5 Å². The number of guanidine groups is 1. The molecule has 0 bridgehead atoms. The van der Waals surface area contributed by atoms with Crippen LogP contribution in [-0.4, -0.2) is 36.0 Å². The summed E-state index contributed by atoms with van der Waals surface area (Å²) in [7, 11) is 0. The molecular formula is C20H26BrF2N3O2. The van der Waals surface area contributed by atoms with Crippen LogP contribution in [0, 0.1) is 5.41 Å². The normalized spacial score (nSPS) is 27.5. The van der Waals surface area contributed by atoms with Gasteiger partial charge in [-0.25, -0.2) is 4.99 Å². The molecule has 2 aliphatic carbocycles. The van der Waals surface area contributed by atoms with Crippen molar-refractivity contribution in [2.75, 3.05) is 0 Å². The first kappa shape index (κ1) is 21.2. The Labute approximate surface area is 172 Å². The van der Waals surface area contributed by atoms with Crippen LogP contribution in [0.3, 0.4) is 0 Å². The largest absolute Gasteiger partial charge is 0.369 e. The van der Waals surface area contributed by atoms with Crippen molar-refractivity contribution in [1.82, 2.24) is 4.90 Å². The van der Waals surface area contributed by atoms with Crippen LogP contribution in [0.1, 0.15) is 56.7 Å². The number of carbonyl (C=O) groups is 1. The molecule has 1 aromatic rings. The van der Waals surface area contributed by atoms with Crippen molar-refractivity contribution in [3.05, 3.63) is 33.8 Å². The molecule has 0 heterocycles. The standard InChI is InChI=1S/C20H26BrF2N3O2/c1-12(2)26(11-27)19(24)25-17-16-9-14(21)4-3-13(16)10-20(17)7-5-15(6-8-20)28-18(22)23/h3-4,9,11-12,15,17-18H,5-8,10H2,1-2H3,(H2,24,25). The number of halogens is 3. The molecular weight excluding hydrogens is 432 g/mol. The molecule has 1 spiro atoms. The average molecular weight is 458 g/mol. The van der Waals surface area contributed by atoms with Crippen LogP contribution >= 0.6 is 15.9 Å². The molecule has 2 N–H and O–H groups in total. The summed E-state index contributed by atoms with van der Waals surface area (Å²) in [6.45, 7) is 1.00. The summed E-state index contributed by atoms with van der Waals surface area (Å²) in [6, 6.07) is 5.81. The molecule has 8 heteroatoms. The van der Waals surface area contributed by atoms with Gasteiger partial charge in [-0.3, -0.25) is 9.69 Å². The summed E-state index contributed by atoms with van der Waals surface area (Å²) in [5, 5.41) is 0. The molecule has 1 unspecified atom stereocenters. The number of ether oxygens (including phenoxy) is 1. The van der Waals surface area contributed by atoms with E-state index in [2.05, 4.69) is 22.0 Å². The van der Waals surface area contributed by atoms with E-state index < -0.39 is 12.7 Å². The summed E-state index contributed by atoms with van der Waals surface area (Å²) < 4.78 is 30.9. The highest BCUT2D eigenvalue weighted by Gasteiger charge is 2.48. The Morgan fingerprint density at radius 3 is 2.64 bits per heavy atom. The van der Waals surface area contributed by atoms with E-state index in [0.29, 0.717) is 19.3 Å². The van der Waals surface area contributed by atoms with Crippen LogP contribution in [0.4, 0.5) is 8.78 Å². The SMILES string of the molecule is CC(C)N(C=O)C(N)=NC1c2cc(Br)ccc2CC12CCC(OC(F)F)CC2. The van der Waals surface area contributed by atoms with Gasteiger partial charge in [-0.15, -0.1) is 0 Å². The number of amides is 1. The molecule has 5 nitrogen and oxygen atoms in total. The van der Waals surface area contributed by atoms with Gasteiger partial charge in [0.1, 0.15) is 0 Å². The topological polar surface area (TPSA) is 67.9 Å². The van der Waals surface area contributed by atoms with Crippen LogP contribution in [0.2, 0.25) is 0 Å². The molecule has 1 saturated carbocycles. The van der Waals surface area contributed by atoms with Crippen molar-refractivity contribution < 1.29 is 18.3 Å². The molecule has 1 fully saturated rings. The number of alkyl halides is 2. The van der Waals surface area contributed by atoms with Gasteiger partial charge >= 0.3 is 6.61 Å². The van der Waals surface area contributed by atoms with Crippen LogP contribution in [0.5, 0.6) is 0 Å². The zero-order valence-corrected chi connectivity index (χ0v) is 17.7. The van der Waals surface area contributed by atoms with Crippen molar-refractivity contribution in [3.63, 3.8) is 0 Å². The highest BCUT2D eigenvalue weighted by molar-refractivity contribution is 9.10. The minimum absolute atomic E-state index is 0.101. The molecule has 0 aliphatic heterocycles. The molecule has 0 saturated heterocycles. The lowest BCUT2D eigenvalue weighted by molar-refractivity contribution is -0.175. The Balaban J connectivity index is 1.93. The predicted molar refractivity (Wildman–Crippen MR) is 107 cm³/mol. The maximum atomic E-state index is 12.6. The van der Waals surface area contributed by atoms with E-state index >= 15 is 0 Å². The third-order valence-corrected chi connectivity index (χ3v) is 6.44. The third-order valence-electron chi connectivity index (χ3n) is 5.94. The summed E-state index contributed by atoms with van der Waals surface area (Å²) >= 11 is 3.52. The fourth-order valence-electron chi connectivity index (χ4n) is 4.53. The van der Waals surface area contributed by atoms with Crippen LogP contribution in [-0.2, 0) is 16.0 Å². The fourth-order valence-corrected chi connectivity index (χ4v) is 4.91. The average Bonchev–Trinajstić information content (AvgIpc) is 2.90. The van der Waals surface area contributed by atoms with Crippen molar-refractivity contribution in [2.45, 2.75) is 70.8 Å². The van der Waals surface area contributed by atoms with Gasteiger partial charge in [-0.2, -0.15) is 8.78 Å². The number of hydrogen-bond donors (Lipinski definition) is 1. The van der Waals surface area contributed by atoms with Crippen LogP contribution < -0.4 is 5.73 Å². The minimum Gasteiger partial charge on any atom is -0.369 e. The van der Waals surface area contributed by atoms with Crippen molar-refractivity contribution in [3.8, 4) is 0 Å². The Morgan fingerprint density at radius 1 is 1.39 bits per heavy atom. The monoisotopic (exact) mass is 457 g/mol. The van der Waals surface area contributed by atoms with Gasteiger partial charge in [0.2, 0.25) is 6.41 Å². The molecule has 154 valence electrons. The number of nitrogens with two attached hydrogens (primary N) is 1. The number of nitrogens with zero attached hydrogens (tertiary/aromatic N) is 2. The maximum absolute atomic E-state index is 12.6. The number of fused-ring (bicyclic) bond motifs is 1. The van der Waals surface area contributed by atoms with Gasteiger partial charge in [0.05, 0.1) is 12.1 Å². The molecule has 3 rings (SSSR count). The maximum Gasteiger partial charge on any atom is 0.345 e.